The third kappa shape index (κ3) is 3.88. The number of hydrogen-bond donors (Lipinski definition) is 2. The topological polar surface area (TPSA) is 70.9 Å². The SMILES string of the molecule is O=C(NCc1cnco1)C1CC(Cc2c(-c3ccc(F)cc3)[nH]c3c(F)cc(F)cc23)C1. The number of fused-ring (bicyclic) bond motifs is 1. The monoisotopic (exact) mass is 439 g/mol. The summed E-state index contributed by atoms with van der Waals surface area (Å²) in [6.45, 7) is 0.287. The number of H-pyrrole nitrogens is 1. The summed E-state index contributed by atoms with van der Waals surface area (Å²) < 4.78 is 46.9. The Morgan fingerprint density at radius 1 is 1.12 bits per heavy atom. The maximum Gasteiger partial charge on any atom is 0.223 e. The van der Waals surface area contributed by atoms with Gasteiger partial charge in [-0.1, -0.05) is 0 Å². The number of carbonyl (C=O) groups excluding carboxylic acids is 1. The largest absolute Gasteiger partial charge is 0.447 e. The molecule has 0 aliphatic heterocycles. The molecule has 4 aromatic rings. The number of aromatic amines is 1. The van der Waals surface area contributed by atoms with Crippen LogP contribution >= 0.6 is 0 Å². The van der Waals surface area contributed by atoms with Gasteiger partial charge in [0.15, 0.2) is 6.39 Å². The van der Waals surface area contributed by atoms with Gasteiger partial charge < -0.3 is 14.7 Å². The number of carbonyl (C=O) groups is 1. The molecule has 8 heteroatoms. The highest BCUT2D eigenvalue weighted by Gasteiger charge is 2.35. The number of rotatable bonds is 6. The van der Waals surface area contributed by atoms with Crippen LogP contribution in [0.25, 0.3) is 22.2 Å². The second-order valence-electron chi connectivity index (χ2n) is 8.22. The molecule has 1 saturated carbocycles. The average molecular weight is 439 g/mol. The molecule has 5 nitrogen and oxygen atoms in total. The molecular formula is C24H20F3N3O2. The van der Waals surface area contributed by atoms with E-state index in [-0.39, 0.29) is 35.6 Å². The predicted molar refractivity (Wildman–Crippen MR) is 112 cm³/mol. The van der Waals surface area contributed by atoms with E-state index in [9.17, 15) is 18.0 Å². The molecular weight excluding hydrogens is 419 g/mol. The highest BCUT2D eigenvalue weighted by Crippen LogP contribution is 2.41. The van der Waals surface area contributed by atoms with E-state index < -0.39 is 11.6 Å². The van der Waals surface area contributed by atoms with E-state index in [4.69, 9.17) is 4.42 Å². The van der Waals surface area contributed by atoms with Gasteiger partial charge in [-0.3, -0.25) is 4.79 Å². The summed E-state index contributed by atoms with van der Waals surface area (Å²) in [6, 6.07) is 8.04. The molecule has 0 saturated heterocycles. The molecule has 0 radical (unpaired) electrons. The van der Waals surface area contributed by atoms with Crippen LogP contribution in [0.3, 0.4) is 0 Å². The van der Waals surface area contributed by atoms with Gasteiger partial charge in [-0.2, -0.15) is 0 Å². The van der Waals surface area contributed by atoms with Gasteiger partial charge in [-0.15, -0.1) is 0 Å². The summed E-state index contributed by atoms with van der Waals surface area (Å²) >= 11 is 0. The molecule has 0 spiro atoms. The smallest absolute Gasteiger partial charge is 0.223 e. The molecule has 1 aliphatic carbocycles. The number of hydrogen-bond acceptors (Lipinski definition) is 3. The Hall–Kier alpha value is -3.55. The van der Waals surface area contributed by atoms with Gasteiger partial charge in [0.05, 0.1) is 18.3 Å². The van der Waals surface area contributed by atoms with Crippen molar-refractivity contribution in [2.45, 2.75) is 25.8 Å². The number of amides is 1. The summed E-state index contributed by atoms with van der Waals surface area (Å²) in [5.41, 5.74) is 2.33. The number of aromatic nitrogens is 2. The number of halogens is 3. The van der Waals surface area contributed by atoms with Gasteiger partial charge in [0.25, 0.3) is 0 Å². The molecule has 1 aliphatic rings. The van der Waals surface area contributed by atoms with Gasteiger partial charge >= 0.3 is 0 Å². The van der Waals surface area contributed by atoms with E-state index in [1.54, 1.807) is 18.3 Å². The maximum atomic E-state index is 14.4. The second-order valence-corrected chi connectivity index (χ2v) is 8.22. The van der Waals surface area contributed by atoms with Gasteiger partial charge in [-0.05, 0) is 66.6 Å². The minimum Gasteiger partial charge on any atom is -0.447 e. The van der Waals surface area contributed by atoms with Crippen molar-refractivity contribution in [3.63, 3.8) is 0 Å². The van der Waals surface area contributed by atoms with Crippen LogP contribution in [-0.2, 0) is 17.8 Å². The molecule has 1 fully saturated rings. The van der Waals surface area contributed by atoms with E-state index in [0.29, 0.717) is 41.7 Å². The van der Waals surface area contributed by atoms with E-state index in [0.717, 1.165) is 11.6 Å². The van der Waals surface area contributed by atoms with Crippen LogP contribution in [0.5, 0.6) is 0 Å². The summed E-state index contributed by atoms with van der Waals surface area (Å²) in [5.74, 6) is -1.08. The summed E-state index contributed by atoms with van der Waals surface area (Å²) in [5, 5.41) is 3.31. The van der Waals surface area contributed by atoms with Gasteiger partial charge in [0.1, 0.15) is 23.2 Å². The fourth-order valence-electron chi connectivity index (χ4n) is 4.40. The van der Waals surface area contributed by atoms with E-state index in [2.05, 4.69) is 15.3 Å². The minimum absolute atomic E-state index is 0.0487. The van der Waals surface area contributed by atoms with Crippen molar-refractivity contribution in [1.82, 2.24) is 15.3 Å². The number of nitrogens with one attached hydrogen (secondary N) is 2. The van der Waals surface area contributed by atoms with Crippen molar-refractivity contribution >= 4 is 16.8 Å². The Morgan fingerprint density at radius 2 is 1.91 bits per heavy atom. The normalized spacial score (nSPS) is 18.0. The lowest BCUT2D eigenvalue weighted by molar-refractivity contribution is -0.129. The van der Waals surface area contributed by atoms with Gasteiger partial charge in [0.2, 0.25) is 5.91 Å². The van der Waals surface area contributed by atoms with E-state index >= 15 is 0 Å². The van der Waals surface area contributed by atoms with Crippen LogP contribution in [0, 0.1) is 29.3 Å². The van der Waals surface area contributed by atoms with Crippen molar-refractivity contribution < 1.29 is 22.4 Å². The van der Waals surface area contributed by atoms with Gasteiger partial charge in [0, 0.05) is 23.1 Å². The van der Waals surface area contributed by atoms with Crippen molar-refractivity contribution in [2.75, 3.05) is 0 Å². The molecule has 0 bridgehead atoms. The lowest BCUT2D eigenvalue weighted by Gasteiger charge is -2.34. The van der Waals surface area contributed by atoms with Crippen LogP contribution in [0.15, 0.2) is 53.4 Å². The average Bonchev–Trinajstić information content (AvgIpc) is 3.37. The molecule has 2 N–H and O–H groups in total. The highest BCUT2D eigenvalue weighted by molar-refractivity contribution is 5.91. The molecule has 0 atom stereocenters. The van der Waals surface area contributed by atoms with E-state index in [1.165, 1.54) is 24.6 Å². The first-order valence-corrected chi connectivity index (χ1v) is 10.4. The van der Waals surface area contributed by atoms with Crippen molar-refractivity contribution in [3.05, 3.63) is 77.8 Å². The van der Waals surface area contributed by atoms with Crippen LogP contribution in [0.4, 0.5) is 13.2 Å². The van der Waals surface area contributed by atoms with Gasteiger partial charge in [-0.25, -0.2) is 18.2 Å². The Balaban J connectivity index is 1.35. The minimum atomic E-state index is -0.673. The third-order valence-electron chi connectivity index (χ3n) is 6.08. The van der Waals surface area contributed by atoms with Crippen molar-refractivity contribution in [3.8, 4) is 11.3 Å². The van der Waals surface area contributed by atoms with Crippen molar-refractivity contribution in [2.24, 2.45) is 11.8 Å². The lowest BCUT2D eigenvalue weighted by atomic mass is 9.71. The molecule has 32 heavy (non-hydrogen) atoms. The van der Waals surface area contributed by atoms with Crippen molar-refractivity contribution in [1.29, 1.82) is 0 Å². The second kappa shape index (κ2) is 8.18. The molecule has 5 rings (SSSR count). The lowest BCUT2D eigenvalue weighted by Crippen LogP contribution is -2.39. The Kier molecular flexibility index (Phi) is 5.20. The molecule has 2 aromatic carbocycles. The zero-order valence-corrected chi connectivity index (χ0v) is 17.0. The zero-order valence-electron chi connectivity index (χ0n) is 17.0. The van der Waals surface area contributed by atoms with E-state index in [1.807, 2.05) is 0 Å². The zero-order chi connectivity index (χ0) is 22.2. The van der Waals surface area contributed by atoms with Crippen LogP contribution in [0.1, 0.15) is 24.2 Å². The first kappa shape index (κ1) is 20.4. The fraction of sp³-hybridized carbons (Fsp3) is 0.250. The fourth-order valence-corrected chi connectivity index (χ4v) is 4.40. The third-order valence-corrected chi connectivity index (χ3v) is 6.08. The van der Waals surface area contributed by atoms with Crippen LogP contribution < -0.4 is 5.32 Å². The predicted octanol–water partition coefficient (Wildman–Crippen LogP) is 5.13. The van der Waals surface area contributed by atoms with Crippen LogP contribution in [-0.4, -0.2) is 15.9 Å². The summed E-state index contributed by atoms with van der Waals surface area (Å²) in [6.07, 6.45) is 4.77. The highest BCUT2D eigenvalue weighted by atomic mass is 19.1. The number of nitrogens with zero attached hydrogens (tertiary/aromatic N) is 1. The molecule has 0 unspecified atom stereocenters. The Labute approximate surface area is 181 Å². The quantitative estimate of drug-likeness (QED) is 0.438. The molecule has 1 amide bonds. The first-order chi connectivity index (χ1) is 15.5. The first-order valence-electron chi connectivity index (χ1n) is 10.4. The number of benzene rings is 2. The molecule has 2 aromatic heterocycles. The molecule has 2 heterocycles. The molecule has 164 valence electrons. The van der Waals surface area contributed by atoms with Crippen LogP contribution in [0.2, 0.25) is 0 Å². The number of oxazole rings is 1. The standard InChI is InChI=1S/C24H20F3N3O2/c25-16-3-1-14(2-4-16)22-19(20-8-17(26)9-21(27)23(20)30-22)7-13-5-15(6-13)24(31)29-11-18-10-28-12-32-18/h1-4,8-10,12-13,15,30H,5-7,11H2,(H,29,31). The summed E-state index contributed by atoms with van der Waals surface area (Å²) in [7, 11) is 0. The Morgan fingerprint density at radius 3 is 2.62 bits per heavy atom. The summed E-state index contributed by atoms with van der Waals surface area (Å²) in [4.78, 5) is 19.2. The maximum absolute atomic E-state index is 14.4. The Bertz CT molecular complexity index is 1260.